The fourth-order valence-corrected chi connectivity index (χ4v) is 8.84. The SMILES string of the molecule is c1ccc2c(c1)-c1ccccc1C21c2cc(-c3cccc4c3-c3cccc5cccc(c35)O4)ccc2-c2cc3ccccc3cc21. The second-order valence-electron chi connectivity index (χ2n) is 12.8. The van der Waals surface area contributed by atoms with Crippen molar-refractivity contribution in [2.45, 2.75) is 5.41 Å². The molecule has 46 heavy (non-hydrogen) atoms. The van der Waals surface area contributed by atoms with Crippen molar-refractivity contribution in [3.05, 3.63) is 180 Å². The highest BCUT2D eigenvalue weighted by molar-refractivity contribution is 6.08. The van der Waals surface area contributed by atoms with E-state index in [-0.39, 0.29) is 0 Å². The molecule has 0 aromatic heterocycles. The van der Waals surface area contributed by atoms with Crippen molar-refractivity contribution >= 4 is 21.5 Å². The fraction of sp³-hybridized carbons (Fsp3) is 0.0222. The summed E-state index contributed by atoms with van der Waals surface area (Å²) in [7, 11) is 0. The van der Waals surface area contributed by atoms with Gasteiger partial charge >= 0.3 is 0 Å². The van der Waals surface area contributed by atoms with Gasteiger partial charge in [0.05, 0.1) is 5.41 Å². The van der Waals surface area contributed by atoms with E-state index in [1.165, 1.54) is 82.7 Å². The van der Waals surface area contributed by atoms with Crippen LogP contribution in [0, 0.1) is 0 Å². The molecule has 0 fully saturated rings. The predicted molar refractivity (Wildman–Crippen MR) is 189 cm³/mol. The summed E-state index contributed by atoms with van der Waals surface area (Å²) in [6, 6.07) is 58.3. The largest absolute Gasteiger partial charge is 0.456 e. The highest BCUT2D eigenvalue weighted by atomic mass is 16.5. The first-order chi connectivity index (χ1) is 22.8. The van der Waals surface area contributed by atoms with E-state index >= 15 is 0 Å². The Morgan fingerprint density at radius 1 is 0.348 bits per heavy atom. The summed E-state index contributed by atoms with van der Waals surface area (Å²) in [6.45, 7) is 0. The second kappa shape index (κ2) is 8.62. The van der Waals surface area contributed by atoms with Crippen molar-refractivity contribution in [1.29, 1.82) is 0 Å². The molecule has 0 amide bonds. The molecule has 1 heterocycles. The summed E-state index contributed by atoms with van der Waals surface area (Å²) < 4.78 is 6.59. The summed E-state index contributed by atoms with van der Waals surface area (Å²) in [5, 5.41) is 4.93. The zero-order valence-corrected chi connectivity index (χ0v) is 24.9. The van der Waals surface area contributed by atoms with E-state index in [1.807, 2.05) is 0 Å². The number of hydrogen-bond acceptors (Lipinski definition) is 1. The standard InChI is InChI=1S/C45H26O/c1-2-11-29-25-40-36(24-28(29)10-1)34-23-22-30(26-39(34)45(40)37-18-5-3-14-32(37)33-15-4-6-19-38(33)45)31-16-9-21-42-44(31)35-17-7-12-27-13-8-20-41(46-42)43(27)35/h1-26H. The van der Waals surface area contributed by atoms with Crippen molar-refractivity contribution < 1.29 is 4.74 Å². The Labute approximate surface area is 267 Å². The zero-order valence-electron chi connectivity index (χ0n) is 24.9. The predicted octanol–water partition coefficient (Wildman–Crippen LogP) is 11.8. The minimum absolute atomic E-state index is 0.407. The van der Waals surface area contributed by atoms with Crippen LogP contribution in [0.1, 0.15) is 22.3 Å². The Morgan fingerprint density at radius 3 is 1.72 bits per heavy atom. The molecule has 1 aliphatic heterocycles. The Hall–Kier alpha value is -5.92. The molecule has 0 unspecified atom stereocenters. The van der Waals surface area contributed by atoms with Gasteiger partial charge in [-0.3, -0.25) is 0 Å². The van der Waals surface area contributed by atoms with Crippen molar-refractivity contribution in [2.24, 2.45) is 0 Å². The summed E-state index contributed by atoms with van der Waals surface area (Å²) in [4.78, 5) is 0. The first-order valence-electron chi connectivity index (χ1n) is 16.0. The van der Waals surface area contributed by atoms with E-state index in [4.69, 9.17) is 4.74 Å². The van der Waals surface area contributed by atoms with Crippen LogP contribution in [0.25, 0.3) is 66.1 Å². The van der Waals surface area contributed by atoms with Gasteiger partial charge < -0.3 is 4.74 Å². The van der Waals surface area contributed by atoms with E-state index in [0.717, 1.165) is 17.1 Å². The third-order valence-corrected chi connectivity index (χ3v) is 10.6. The van der Waals surface area contributed by atoms with Crippen LogP contribution < -0.4 is 4.74 Å². The smallest absolute Gasteiger partial charge is 0.135 e. The van der Waals surface area contributed by atoms with Crippen molar-refractivity contribution in [1.82, 2.24) is 0 Å². The van der Waals surface area contributed by atoms with E-state index in [1.54, 1.807) is 0 Å². The number of hydrogen-bond donors (Lipinski definition) is 0. The molecule has 3 aliphatic rings. The Kier molecular flexibility index (Phi) is 4.57. The monoisotopic (exact) mass is 582 g/mol. The lowest BCUT2D eigenvalue weighted by atomic mass is 9.70. The average Bonchev–Trinajstić information content (AvgIpc) is 3.57. The van der Waals surface area contributed by atoms with Crippen LogP contribution in [-0.2, 0) is 5.41 Å². The summed E-state index contributed by atoms with van der Waals surface area (Å²) in [5.74, 6) is 1.83. The average molecular weight is 583 g/mol. The van der Waals surface area contributed by atoms with E-state index in [2.05, 4.69) is 158 Å². The van der Waals surface area contributed by atoms with Gasteiger partial charge in [0.15, 0.2) is 0 Å². The van der Waals surface area contributed by atoms with Crippen LogP contribution in [0.15, 0.2) is 158 Å². The van der Waals surface area contributed by atoms with Crippen LogP contribution in [0.4, 0.5) is 0 Å². The molecule has 1 spiro atoms. The van der Waals surface area contributed by atoms with Gasteiger partial charge in [-0.05, 0) is 108 Å². The van der Waals surface area contributed by atoms with E-state index in [9.17, 15) is 0 Å². The Balaban J connectivity index is 1.24. The molecule has 0 saturated carbocycles. The zero-order chi connectivity index (χ0) is 30.0. The lowest BCUT2D eigenvalue weighted by Gasteiger charge is -2.31. The Morgan fingerprint density at radius 2 is 0.913 bits per heavy atom. The van der Waals surface area contributed by atoms with Gasteiger partial charge in [-0.25, -0.2) is 0 Å². The highest BCUT2D eigenvalue weighted by Crippen LogP contribution is 2.64. The molecule has 0 atom stereocenters. The molecule has 0 radical (unpaired) electrons. The first kappa shape index (κ1) is 24.4. The summed E-state index contributed by atoms with van der Waals surface area (Å²) in [6.07, 6.45) is 0. The molecule has 0 bridgehead atoms. The van der Waals surface area contributed by atoms with Crippen LogP contribution in [0.2, 0.25) is 0 Å². The van der Waals surface area contributed by atoms with Gasteiger partial charge in [0.2, 0.25) is 0 Å². The lowest BCUT2D eigenvalue weighted by molar-refractivity contribution is 0.487. The molecule has 11 rings (SSSR count). The Bertz CT molecular complexity index is 2570. The molecule has 212 valence electrons. The van der Waals surface area contributed by atoms with Crippen LogP contribution in [-0.4, -0.2) is 0 Å². The maximum atomic E-state index is 6.59. The van der Waals surface area contributed by atoms with Gasteiger partial charge in [0.1, 0.15) is 11.5 Å². The molecule has 2 aliphatic carbocycles. The van der Waals surface area contributed by atoms with Crippen LogP contribution in [0.3, 0.4) is 0 Å². The third kappa shape index (κ3) is 2.91. The number of rotatable bonds is 1. The van der Waals surface area contributed by atoms with Gasteiger partial charge in [-0.15, -0.1) is 0 Å². The quantitative estimate of drug-likeness (QED) is 0.187. The molecule has 0 N–H and O–H groups in total. The molecule has 8 aromatic carbocycles. The molecular formula is C45H26O. The molecule has 8 aromatic rings. The lowest BCUT2D eigenvalue weighted by Crippen LogP contribution is -2.25. The second-order valence-corrected chi connectivity index (χ2v) is 12.8. The molecule has 0 saturated heterocycles. The minimum Gasteiger partial charge on any atom is -0.456 e. The first-order valence-corrected chi connectivity index (χ1v) is 16.0. The topological polar surface area (TPSA) is 9.23 Å². The van der Waals surface area contributed by atoms with Crippen molar-refractivity contribution in [3.63, 3.8) is 0 Å². The summed E-state index contributed by atoms with van der Waals surface area (Å²) in [5.41, 5.74) is 15.1. The van der Waals surface area contributed by atoms with Crippen molar-refractivity contribution in [3.8, 4) is 56.0 Å². The van der Waals surface area contributed by atoms with Gasteiger partial charge in [-0.2, -0.15) is 0 Å². The fourth-order valence-electron chi connectivity index (χ4n) is 8.84. The van der Waals surface area contributed by atoms with Gasteiger partial charge in [0, 0.05) is 10.9 Å². The minimum atomic E-state index is -0.407. The maximum Gasteiger partial charge on any atom is 0.135 e. The van der Waals surface area contributed by atoms with Crippen molar-refractivity contribution in [2.75, 3.05) is 0 Å². The number of benzene rings is 8. The van der Waals surface area contributed by atoms with E-state index < -0.39 is 5.41 Å². The number of fused-ring (bicyclic) bond motifs is 13. The number of ether oxygens (including phenoxy) is 1. The summed E-state index contributed by atoms with van der Waals surface area (Å²) >= 11 is 0. The normalized spacial score (nSPS) is 14.0. The maximum absolute atomic E-state index is 6.59. The molecule has 1 heteroatoms. The van der Waals surface area contributed by atoms with Gasteiger partial charge in [0.25, 0.3) is 0 Å². The van der Waals surface area contributed by atoms with E-state index in [0.29, 0.717) is 0 Å². The van der Waals surface area contributed by atoms with Crippen LogP contribution >= 0.6 is 0 Å². The highest BCUT2D eigenvalue weighted by Gasteiger charge is 2.51. The van der Waals surface area contributed by atoms with Gasteiger partial charge in [-0.1, -0.05) is 127 Å². The molecule has 1 nitrogen and oxygen atoms in total. The molecular weight excluding hydrogens is 556 g/mol. The third-order valence-electron chi connectivity index (χ3n) is 10.6. The van der Waals surface area contributed by atoms with Crippen LogP contribution in [0.5, 0.6) is 11.5 Å².